The van der Waals surface area contributed by atoms with Crippen molar-refractivity contribution >= 4 is 8.69 Å². The van der Waals surface area contributed by atoms with E-state index in [4.69, 9.17) is 0 Å². The first kappa shape index (κ1) is 16.6. The zero-order chi connectivity index (χ0) is 13.5. The largest absolute Gasteiger partial charge is 0.389 e. The Kier molecular flexibility index (Phi) is 7.01. The van der Waals surface area contributed by atoms with Crippen molar-refractivity contribution in [1.29, 1.82) is 0 Å². The van der Waals surface area contributed by atoms with Gasteiger partial charge in [-0.1, -0.05) is 0 Å². The molecule has 0 atom stereocenters. The summed E-state index contributed by atoms with van der Waals surface area (Å²) in [7, 11) is -0.634. The fourth-order valence-electron chi connectivity index (χ4n) is 1.40. The fourth-order valence-corrected chi connectivity index (χ4v) is 1.61. The summed E-state index contributed by atoms with van der Waals surface area (Å²) in [6, 6.07) is 0. The molecule has 0 radical (unpaired) electrons. The quantitative estimate of drug-likeness (QED) is 0.390. The molecule has 2 nitrogen and oxygen atoms in total. The summed E-state index contributed by atoms with van der Waals surface area (Å²) in [5.41, 5.74) is 0. The van der Waals surface area contributed by atoms with Gasteiger partial charge in [0.05, 0.1) is 6.61 Å². The van der Waals surface area contributed by atoms with Crippen LogP contribution in [0.1, 0.15) is 25.7 Å². The second-order valence-electron chi connectivity index (χ2n) is 3.55. The zero-order valence-corrected chi connectivity index (χ0v) is 9.54. The minimum atomic E-state index is -4.62. The van der Waals surface area contributed by atoms with Crippen molar-refractivity contribution in [2.45, 2.75) is 38.0 Å². The standard InChI is InChI=1S/C8H11F6O2P/c9-7(10,11)4-6(5-8(12,13)14)2-1-3-16-17-15/h6H,1-5H2. The van der Waals surface area contributed by atoms with Gasteiger partial charge in [0.25, 0.3) is 0 Å². The highest BCUT2D eigenvalue weighted by Gasteiger charge is 2.38. The van der Waals surface area contributed by atoms with Gasteiger partial charge in [-0.15, -0.1) is 0 Å². The van der Waals surface area contributed by atoms with Crippen molar-refractivity contribution in [3.05, 3.63) is 0 Å². The molecular formula is C8H11F6O2P. The van der Waals surface area contributed by atoms with Crippen LogP contribution in [0, 0.1) is 5.92 Å². The Bertz CT molecular complexity index is 211. The summed E-state index contributed by atoms with van der Waals surface area (Å²) in [6.45, 7) is -0.128. The van der Waals surface area contributed by atoms with Gasteiger partial charge in [0.1, 0.15) is 0 Å². The van der Waals surface area contributed by atoms with Crippen molar-refractivity contribution in [3.63, 3.8) is 0 Å². The molecule has 0 aliphatic rings. The lowest BCUT2D eigenvalue weighted by atomic mass is 9.95. The summed E-state index contributed by atoms with van der Waals surface area (Å²) in [4.78, 5) is 0. The van der Waals surface area contributed by atoms with E-state index in [1.807, 2.05) is 0 Å². The van der Waals surface area contributed by atoms with Crippen LogP contribution in [0.5, 0.6) is 0 Å². The molecule has 0 fully saturated rings. The summed E-state index contributed by atoms with van der Waals surface area (Å²) >= 11 is 0. The highest BCUT2D eigenvalue weighted by molar-refractivity contribution is 7.17. The Morgan fingerprint density at radius 3 is 1.82 bits per heavy atom. The van der Waals surface area contributed by atoms with Gasteiger partial charge in [-0.05, 0) is 18.8 Å². The number of halogens is 6. The van der Waals surface area contributed by atoms with Gasteiger partial charge in [-0.2, -0.15) is 26.3 Å². The molecular weight excluding hydrogens is 273 g/mol. The van der Waals surface area contributed by atoms with Crippen molar-refractivity contribution in [1.82, 2.24) is 0 Å². The highest BCUT2D eigenvalue weighted by atomic mass is 31.1. The normalized spacial score (nSPS) is 13.6. The van der Waals surface area contributed by atoms with Crippen LogP contribution in [0.2, 0.25) is 0 Å². The maximum absolute atomic E-state index is 12.0. The Hall–Kier alpha value is -0.360. The van der Waals surface area contributed by atoms with Crippen LogP contribution in [0.3, 0.4) is 0 Å². The first-order valence-electron chi connectivity index (χ1n) is 4.72. The van der Waals surface area contributed by atoms with E-state index >= 15 is 0 Å². The van der Waals surface area contributed by atoms with Gasteiger partial charge in [0, 0.05) is 12.8 Å². The van der Waals surface area contributed by atoms with Gasteiger partial charge < -0.3 is 0 Å². The molecule has 0 saturated heterocycles. The molecule has 0 spiro atoms. The van der Waals surface area contributed by atoms with E-state index in [9.17, 15) is 30.9 Å². The van der Waals surface area contributed by atoms with Crippen molar-refractivity contribution in [2.24, 2.45) is 5.92 Å². The Labute approximate surface area is 95.6 Å². The molecule has 0 aromatic heterocycles. The molecule has 0 aromatic carbocycles. The monoisotopic (exact) mass is 284 g/mol. The van der Waals surface area contributed by atoms with Gasteiger partial charge in [0.15, 0.2) is 0 Å². The molecule has 102 valence electrons. The van der Waals surface area contributed by atoms with Gasteiger partial charge >= 0.3 is 21.0 Å². The van der Waals surface area contributed by atoms with E-state index in [0.29, 0.717) is 0 Å². The summed E-state index contributed by atoms with van der Waals surface area (Å²) < 4.78 is 86.2. The van der Waals surface area contributed by atoms with Crippen LogP contribution in [-0.2, 0) is 9.09 Å². The Balaban J connectivity index is 4.16. The molecule has 0 bridgehead atoms. The maximum atomic E-state index is 12.0. The van der Waals surface area contributed by atoms with E-state index in [0.717, 1.165) is 0 Å². The lowest BCUT2D eigenvalue weighted by Gasteiger charge is -2.19. The van der Waals surface area contributed by atoms with Gasteiger partial charge in [-0.3, -0.25) is 4.52 Å². The molecule has 17 heavy (non-hydrogen) atoms. The first-order chi connectivity index (χ1) is 7.64. The van der Waals surface area contributed by atoms with E-state index in [-0.39, 0.29) is 19.4 Å². The minimum absolute atomic E-state index is 0.00602. The van der Waals surface area contributed by atoms with E-state index in [1.54, 1.807) is 0 Å². The first-order valence-corrected chi connectivity index (χ1v) is 5.45. The Morgan fingerprint density at radius 2 is 1.47 bits per heavy atom. The predicted octanol–water partition coefficient (Wildman–Crippen LogP) is 4.51. The predicted molar refractivity (Wildman–Crippen MR) is 47.6 cm³/mol. The molecule has 0 amide bonds. The Morgan fingerprint density at radius 1 is 1.00 bits per heavy atom. The smallest absolute Gasteiger partial charge is 0.294 e. The zero-order valence-electron chi connectivity index (χ0n) is 8.64. The average molecular weight is 284 g/mol. The summed E-state index contributed by atoms with van der Waals surface area (Å²) in [5.74, 6) is -1.51. The second kappa shape index (κ2) is 7.16. The summed E-state index contributed by atoms with van der Waals surface area (Å²) in [5, 5.41) is 0. The van der Waals surface area contributed by atoms with Gasteiger partial charge in [-0.25, -0.2) is 4.57 Å². The molecule has 0 saturated carbocycles. The minimum Gasteiger partial charge on any atom is -0.294 e. The third-order valence-corrected chi connectivity index (χ3v) is 2.23. The average Bonchev–Trinajstić information content (AvgIpc) is 2.06. The van der Waals surface area contributed by atoms with Crippen molar-refractivity contribution in [3.8, 4) is 0 Å². The van der Waals surface area contributed by atoms with Crippen LogP contribution in [0.4, 0.5) is 26.3 Å². The van der Waals surface area contributed by atoms with Gasteiger partial charge in [0.2, 0.25) is 0 Å². The molecule has 0 aromatic rings. The number of alkyl halides is 6. The van der Waals surface area contributed by atoms with Crippen molar-refractivity contribution < 1.29 is 35.4 Å². The lowest BCUT2D eigenvalue weighted by Crippen LogP contribution is -2.21. The fraction of sp³-hybridized carbons (Fsp3) is 1.00. The topological polar surface area (TPSA) is 26.3 Å². The summed E-state index contributed by atoms with van der Waals surface area (Å²) in [6.07, 6.45) is -12.4. The third-order valence-electron chi connectivity index (χ3n) is 1.94. The van der Waals surface area contributed by atoms with E-state index in [2.05, 4.69) is 4.52 Å². The van der Waals surface area contributed by atoms with Crippen LogP contribution in [0.25, 0.3) is 0 Å². The van der Waals surface area contributed by atoms with E-state index in [1.165, 1.54) is 0 Å². The van der Waals surface area contributed by atoms with Crippen LogP contribution in [-0.4, -0.2) is 19.0 Å². The molecule has 0 aliphatic heterocycles. The van der Waals surface area contributed by atoms with Crippen LogP contribution < -0.4 is 0 Å². The maximum Gasteiger partial charge on any atom is 0.389 e. The van der Waals surface area contributed by atoms with Crippen LogP contribution in [0.15, 0.2) is 0 Å². The highest BCUT2D eigenvalue weighted by Crippen LogP contribution is 2.35. The van der Waals surface area contributed by atoms with Crippen molar-refractivity contribution in [2.75, 3.05) is 6.61 Å². The number of hydrogen-bond donors (Lipinski definition) is 0. The third kappa shape index (κ3) is 11.9. The SMILES string of the molecule is O=POCCCC(CC(F)(F)F)CC(F)(F)F. The second-order valence-corrected chi connectivity index (χ2v) is 3.96. The number of hydrogen-bond acceptors (Lipinski definition) is 2. The number of rotatable bonds is 7. The lowest BCUT2D eigenvalue weighted by molar-refractivity contribution is -0.173. The molecule has 0 unspecified atom stereocenters. The molecule has 0 rings (SSSR count). The molecule has 0 aliphatic carbocycles. The molecule has 0 heterocycles. The molecule has 9 heteroatoms. The van der Waals surface area contributed by atoms with Crippen LogP contribution >= 0.6 is 8.69 Å². The molecule has 0 N–H and O–H groups in total. The van der Waals surface area contributed by atoms with E-state index < -0.39 is 39.8 Å².